The molecule has 0 bridgehead atoms. The van der Waals surface area contributed by atoms with Crippen LogP contribution in [0, 0.1) is 11.8 Å². The van der Waals surface area contributed by atoms with Crippen LogP contribution in [0.25, 0.3) is 0 Å². The average Bonchev–Trinajstić information content (AvgIpc) is 3.23. The Hall–Kier alpha value is -1.72. The summed E-state index contributed by atoms with van der Waals surface area (Å²) in [6.07, 6.45) is 1.85. The number of hydrogen-bond donors (Lipinski definition) is 0. The van der Waals surface area contributed by atoms with E-state index < -0.39 is 0 Å². The number of thiophene rings is 1. The lowest BCUT2D eigenvalue weighted by atomic mass is 10.0. The predicted molar refractivity (Wildman–Crippen MR) is 86.7 cm³/mol. The first-order valence-electron chi connectivity index (χ1n) is 7.74. The molecular weight excluding hydrogens is 294 g/mol. The summed E-state index contributed by atoms with van der Waals surface area (Å²) in [6.45, 7) is 4.89. The Kier molecular flexibility index (Phi) is 3.68. The standard InChI is InChI=1S/C17H19N3OS/c21-17(16-5-3-7-22-16)20-10-13-8-19(9-14(13)11-20)12-15-4-1-2-6-18-15/h1-7,13-14H,8-12H2/t13-,14+. The molecule has 4 nitrogen and oxygen atoms in total. The van der Waals surface area contributed by atoms with Crippen molar-refractivity contribution in [2.24, 2.45) is 11.8 Å². The van der Waals surface area contributed by atoms with Gasteiger partial charge in [-0.2, -0.15) is 0 Å². The molecule has 0 radical (unpaired) electrons. The van der Waals surface area contributed by atoms with Gasteiger partial charge in [0.2, 0.25) is 0 Å². The van der Waals surface area contributed by atoms with Crippen molar-refractivity contribution >= 4 is 17.2 Å². The highest BCUT2D eigenvalue weighted by molar-refractivity contribution is 7.12. The number of pyridine rings is 1. The summed E-state index contributed by atoms with van der Waals surface area (Å²) >= 11 is 1.54. The number of amides is 1. The van der Waals surface area contributed by atoms with Gasteiger partial charge in [-0.15, -0.1) is 11.3 Å². The quantitative estimate of drug-likeness (QED) is 0.873. The Labute approximate surface area is 134 Å². The van der Waals surface area contributed by atoms with Crippen molar-refractivity contribution in [1.29, 1.82) is 0 Å². The Bertz CT molecular complexity index is 629. The summed E-state index contributed by atoms with van der Waals surface area (Å²) in [5, 5.41) is 1.97. The topological polar surface area (TPSA) is 36.4 Å². The SMILES string of the molecule is O=C(c1cccs1)N1C[C@H]2CN(Cc3ccccn3)C[C@H]2C1. The maximum atomic E-state index is 12.4. The molecule has 2 fully saturated rings. The number of hydrogen-bond acceptors (Lipinski definition) is 4. The van der Waals surface area contributed by atoms with E-state index in [9.17, 15) is 4.79 Å². The molecule has 2 atom stereocenters. The molecule has 2 aliphatic rings. The summed E-state index contributed by atoms with van der Waals surface area (Å²) in [4.78, 5) is 22.2. The van der Waals surface area contributed by atoms with Crippen molar-refractivity contribution in [2.75, 3.05) is 26.2 Å². The van der Waals surface area contributed by atoms with Crippen molar-refractivity contribution in [3.8, 4) is 0 Å². The highest BCUT2D eigenvalue weighted by atomic mass is 32.1. The van der Waals surface area contributed by atoms with E-state index in [1.54, 1.807) is 0 Å². The second-order valence-corrected chi connectivity index (χ2v) is 7.17. The zero-order chi connectivity index (χ0) is 14.9. The Morgan fingerprint density at radius 1 is 1.14 bits per heavy atom. The van der Waals surface area contributed by atoms with Crippen LogP contribution in [0.15, 0.2) is 41.9 Å². The van der Waals surface area contributed by atoms with Crippen LogP contribution in [-0.2, 0) is 6.54 Å². The molecule has 2 aromatic heterocycles. The molecule has 1 amide bonds. The van der Waals surface area contributed by atoms with Crippen LogP contribution in [0.1, 0.15) is 15.4 Å². The molecule has 4 rings (SSSR count). The minimum absolute atomic E-state index is 0.209. The molecule has 0 aromatic carbocycles. The minimum Gasteiger partial charge on any atom is -0.337 e. The van der Waals surface area contributed by atoms with E-state index in [-0.39, 0.29) is 5.91 Å². The first-order chi connectivity index (χ1) is 10.8. The zero-order valence-electron chi connectivity index (χ0n) is 12.4. The van der Waals surface area contributed by atoms with Gasteiger partial charge in [-0.05, 0) is 35.4 Å². The average molecular weight is 313 g/mol. The van der Waals surface area contributed by atoms with Crippen molar-refractivity contribution in [3.05, 3.63) is 52.5 Å². The van der Waals surface area contributed by atoms with E-state index >= 15 is 0 Å². The number of carbonyl (C=O) groups is 1. The molecule has 0 spiro atoms. The van der Waals surface area contributed by atoms with E-state index in [1.807, 2.05) is 40.7 Å². The molecule has 0 unspecified atom stereocenters. The third kappa shape index (κ3) is 2.66. The largest absolute Gasteiger partial charge is 0.337 e. The van der Waals surface area contributed by atoms with Crippen molar-refractivity contribution in [3.63, 3.8) is 0 Å². The molecule has 114 valence electrons. The van der Waals surface area contributed by atoms with Crippen molar-refractivity contribution in [2.45, 2.75) is 6.54 Å². The van der Waals surface area contributed by atoms with Crippen LogP contribution in [0.4, 0.5) is 0 Å². The van der Waals surface area contributed by atoms with E-state index in [0.717, 1.165) is 43.3 Å². The zero-order valence-corrected chi connectivity index (χ0v) is 13.2. The first kappa shape index (κ1) is 13.9. The Balaban J connectivity index is 1.36. The van der Waals surface area contributed by atoms with Crippen molar-refractivity contribution < 1.29 is 4.79 Å². The lowest BCUT2D eigenvalue weighted by Crippen LogP contribution is -2.32. The fourth-order valence-corrected chi connectivity index (χ4v) is 4.35. The fraction of sp³-hybridized carbons (Fsp3) is 0.412. The van der Waals surface area contributed by atoms with E-state index in [1.165, 1.54) is 11.3 Å². The van der Waals surface area contributed by atoms with Gasteiger partial charge in [-0.1, -0.05) is 12.1 Å². The summed E-state index contributed by atoms with van der Waals surface area (Å²) in [5.74, 6) is 1.45. The van der Waals surface area contributed by atoms with Gasteiger partial charge in [0.25, 0.3) is 5.91 Å². The third-order valence-electron chi connectivity index (χ3n) is 4.69. The number of fused-ring (bicyclic) bond motifs is 1. The number of aromatic nitrogens is 1. The molecule has 4 heterocycles. The lowest BCUT2D eigenvalue weighted by Gasteiger charge is -2.21. The van der Waals surface area contributed by atoms with E-state index in [4.69, 9.17) is 0 Å². The fourth-order valence-electron chi connectivity index (χ4n) is 3.66. The smallest absolute Gasteiger partial charge is 0.263 e. The van der Waals surface area contributed by atoms with Gasteiger partial charge in [-0.25, -0.2) is 0 Å². The van der Waals surface area contributed by atoms with Crippen LogP contribution in [0.5, 0.6) is 0 Å². The molecule has 2 aliphatic heterocycles. The highest BCUT2D eigenvalue weighted by Gasteiger charge is 2.41. The van der Waals surface area contributed by atoms with Crippen LogP contribution < -0.4 is 0 Å². The number of carbonyl (C=O) groups excluding carboxylic acids is 1. The van der Waals surface area contributed by atoms with E-state index in [2.05, 4.69) is 16.0 Å². The highest BCUT2D eigenvalue weighted by Crippen LogP contribution is 2.32. The summed E-state index contributed by atoms with van der Waals surface area (Å²) < 4.78 is 0. The summed E-state index contributed by atoms with van der Waals surface area (Å²) in [7, 11) is 0. The molecule has 2 aromatic rings. The monoisotopic (exact) mass is 313 g/mol. The maximum absolute atomic E-state index is 12.4. The van der Waals surface area contributed by atoms with Gasteiger partial charge in [0, 0.05) is 38.9 Å². The Morgan fingerprint density at radius 3 is 2.59 bits per heavy atom. The Morgan fingerprint density at radius 2 is 1.95 bits per heavy atom. The van der Waals surface area contributed by atoms with Gasteiger partial charge < -0.3 is 4.90 Å². The van der Waals surface area contributed by atoms with Gasteiger partial charge in [-0.3, -0.25) is 14.7 Å². The molecule has 22 heavy (non-hydrogen) atoms. The molecular formula is C17H19N3OS. The molecule has 0 N–H and O–H groups in total. The second kappa shape index (κ2) is 5.82. The molecule has 0 saturated carbocycles. The van der Waals surface area contributed by atoms with Crippen LogP contribution >= 0.6 is 11.3 Å². The molecule has 2 saturated heterocycles. The summed E-state index contributed by atoms with van der Waals surface area (Å²) in [5.41, 5.74) is 1.13. The maximum Gasteiger partial charge on any atom is 0.263 e. The number of likely N-dealkylation sites (tertiary alicyclic amines) is 2. The summed E-state index contributed by atoms with van der Waals surface area (Å²) in [6, 6.07) is 9.95. The lowest BCUT2D eigenvalue weighted by molar-refractivity contribution is 0.0778. The molecule has 0 aliphatic carbocycles. The minimum atomic E-state index is 0.209. The normalized spacial score (nSPS) is 24.6. The van der Waals surface area contributed by atoms with Crippen LogP contribution in [0.2, 0.25) is 0 Å². The van der Waals surface area contributed by atoms with Crippen LogP contribution in [0.3, 0.4) is 0 Å². The van der Waals surface area contributed by atoms with E-state index in [0.29, 0.717) is 11.8 Å². The van der Waals surface area contributed by atoms with Gasteiger partial charge in [0.15, 0.2) is 0 Å². The van der Waals surface area contributed by atoms with Crippen LogP contribution in [-0.4, -0.2) is 46.9 Å². The first-order valence-corrected chi connectivity index (χ1v) is 8.62. The third-order valence-corrected chi connectivity index (χ3v) is 5.55. The molecule has 5 heteroatoms. The second-order valence-electron chi connectivity index (χ2n) is 6.22. The van der Waals surface area contributed by atoms with Gasteiger partial charge >= 0.3 is 0 Å². The van der Waals surface area contributed by atoms with Gasteiger partial charge in [0.05, 0.1) is 10.6 Å². The number of rotatable bonds is 3. The van der Waals surface area contributed by atoms with Gasteiger partial charge in [0.1, 0.15) is 0 Å². The predicted octanol–water partition coefficient (Wildman–Crippen LogP) is 2.35. The van der Waals surface area contributed by atoms with Crippen molar-refractivity contribution in [1.82, 2.24) is 14.8 Å². The number of nitrogens with zero attached hydrogens (tertiary/aromatic N) is 3.